The monoisotopic (exact) mass is 383 g/mol. The predicted octanol–water partition coefficient (Wildman–Crippen LogP) is -0.207. The van der Waals surface area contributed by atoms with Crippen molar-refractivity contribution in [3.8, 4) is 0 Å². The Morgan fingerprint density at radius 3 is 2.77 bits per heavy atom. The third-order valence-corrected chi connectivity index (χ3v) is 5.77. The molecule has 1 spiro atoms. The second-order valence-corrected chi connectivity index (χ2v) is 7.22. The standard InChI is InChI=1S/C17H25N5O3.ClH/c18-10-13(23)22-5-1-3-17(11-22)4-2-12-14(17)19-16(20-15(12)24)21-6-8-25-9-7-21;/h1-11,18H2,(H,19,20,24);1H. The van der Waals surface area contributed by atoms with Gasteiger partial charge in [0.25, 0.3) is 5.56 Å². The van der Waals surface area contributed by atoms with Gasteiger partial charge >= 0.3 is 0 Å². The Balaban J connectivity index is 0.00000196. The Hall–Kier alpha value is -1.64. The molecule has 0 aromatic carbocycles. The van der Waals surface area contributed by atoms with Gasteiger partial charge < -0.3 is 20.3 Å². The number of H-pyrrole nitrogens is 1. The Morgan fingerprint density at radius 1 is 1.27 bits per heavy atom. The van der Waals surface area contributed by atoms with Crippen molar-refractivity contribution in [2.75, 3.05) is 50.8 Å². The topological polar surface area (TPSA) is 105 Å². The van der Waals surface area contributed by atoms with Gasteiger partial charge in [0.1, 0.15) is 0 Å². The zero-order chi connectivity index (χ0) is 17.4. The minimum atomic E-state index is -0.201. The van der Waals surface area contributed by atoms with E-state index in [0.717, 1.165) is 56.6 Å². The van der Waals surface area contributed by atoms with Crippen LogP contribution < -0.4 is 16.2 Å². The van der Waals surface area contributed by atoms with Crippen LogP contribution in [-0.4, -0.2) is 66.7 Å². The maximum Gasteiger partial charge on any atom is 0.255 e. The van der Waals surface area contributed by atoms with Crippen LogP contribution in [0.5, 0.6) is 0 Å². The molecule has 1 atom stereocenters. The minimum absolute atomic E-state index is 0. The lowest BCUT2D eigenvalue weighted by atomic mass is 9.77. The summed E-state index contributed by atoms with van der Waals surface area (Å²) in [5.74, 6) is 0.612. The molecule has 2 aliphatic heterocycles. The number of ether oxygens (including phenoxy) is 1. The molecule has 4 rings (SSSR count). The number of piperidine rings is 1. The molecule has 0 saturated carbocycles. The number of likely N-dealkylation sites (tertiary alicyclic amines) is 1. The van der Waals surface area contributed by atoms with E-state index in [0.29, 0.717) is 25.7 Å². The molecule has 1 aromatic heterocycles. The molecular formula is C17H26ClN5O3. The van der Waals surface area contributed by atoms with Gasteiger partial charge in [-0.15, -0.1) is 12.4 Å². The number of nitrogens with zero attached hydrogens (tertiary/aromatic N) is 3. The van der Waals surface area contributed by atoms with Gasteiger partial charge in [0.15, 0.2) is 0 Å². The number of fused-ring (bicyclic) bond motifs is 2. The molecule has 144 valence electrons. The van der Waals surface area contributed by atoms with Crippen LogP contribution in [0.2, 0.25) is 0 Å². The Bertz CT molecular complexity index is 734. The lowest BCUT2D eigenvalue weighted by molar-refractivity contribution is -0.131. The quantitative estimate of drug-likeness (QED) is 0.732. The van der Waals surface area contributed by atoms with Crippen molar-refractivity contribution in [3.63, 3.8) is 0 Å². The molecule has 0 bridgehead atoms. The van der Waals surface area contributed by atoms with Crippen LogP contribution in [0, 0.1) is 0 Å². The molecule has 3 heterocycles. The highest BCUT2D eigenvalue weighted by Crippen LogP contribution is 2.43. The van der Waals surface area contributed by atoms with Crippen molar-refractivity contribution < 1.29 is 9.53 Å². The molecule has 8 nitrogen and oxygen atoms in total. The first-order valence-corrected chi connectivity index (χ1v) is 9.07. The van der Waals surface area contributed by atoms with E-state index in [4.69, 9.17) is 15.5 Å². The molecule has 1 amide bonds. The van der Waals surface area contributed by atoms with E-state index in [1.54, 1.807) is 0 Å². The molecule has 3 aliphatic rings. The van der Waals surface area contributed by atoms with Crippen LogP contribution in [0.1, 0.15) is 30.5 Å². The first kappa shape index (κ1) is 19.1. The summed E-state index contributed by atoms with van der Waals surface area (Å²) in [6.07, 6.45) is 3.49. The summed E-state index contributed by atoms with van der Waals surface area (Å²) in [7, 11) is 0. The zero-order valence-corrected chi connectivity index (χ0v) is 15.6. The summed E-state index contributed by atoms with van der Waals surface area (Å²) < 4.78 is 5.39. The summed E-state index contributed by atoms with van der Waals surface area (Å²) in [5.41, 5.74) is 7.00. The molecule has 1 aliphatic carbocycles. The van der Waals surface area contributed by atoms with E-state index in [2.05, 4.69) is 9.88 Å². The highest BCUT2D eigenvalue weighted by Gasteiger charge is 2.45. The van der Waals surface area contributed by atoms with Crippen LogP contribution in [0.4, 0.5) is 5.95 Å². The number of carbonyl (C=O) groups excluding carboxylic acids is 1. The van der Waals surface area contributed by atoms with Gasteiger partial charge in [-0.1, -0.05) is 0 Å². The van der Waals surface area contributed by atoms with Crippen molar-refractivity contribution in [3.05, 3.63) is 21.6 Å². The van der Waals surface area contributed by atoms with Gasteiger partial charge in [0.2, 0.25) is 11.9 Å². The number of nitrogens with one attached hydrogen (secondary N) is 1. The summed E-state index contributed by atoms with van der Waals surface area (Å²) in [4.78, 5) is 36.5. The number of aromatic amines is 1. The number of morpholine rings is 1. The van der Waals surface area contributed by atoms with Crippen LogP contribution in [0.3, 0.4) is 0 Å². The molecule has 2 saturated heterocycles. The Kier molecular flexibility index (Phi) is 5.55. The van der Waals surface area contributed by atoms with Crippen LogP contribution in [0.25, 0.3) is 0 Å². The summed E-state index contributed by atoms with van der Waals surface area (Å²) >= 11 is 0. The lowest BCUT2D eigenvalue weighted by Gasteiger charge is -2.40. The minimum Gasteiger partial charge on any atom is -0.378 e. The average molecular weight is 384 g/mol. The third-order valence-electron chi connectivity index (χ3n) is 5.77. The van der Waals surface area contributed by atoms with Crippen molar-refractivity contribution in [1.82, 2.24) is 14.9 Å². The number of carbonyl (C=O) groups is 1. The summed E-state index contributed by atoms with van der Waals surface area (Å²) in [6, 6.07) is 0. The first-order chi connectivity index (χ1) is 12.1. The van der Waals surface area contributed by atoms with Crippen molar-refractivity contribution in [2.45, 2.75) is 31.1 Å². The van der Waals surface area contributed by atoms with Crippen LogP contribution >= 0.6 is 12.4 Å². The SMILES string of the molecule is Cl.NCC(=O)N1CCCC2(CCc3c2nc(N2CCOCC2)[nH]c3=O)C1. The fourth-order valence-electron chi connectivity index (χ4n) is 4.44. The highest BCUT2D eigenvalue weighted by molar-refractivity contribution is 5.85. The van der Waals surface area contributed by atoms with E-state index in [9.17, 15) is 9.59 Å². The highest BCUT2D eigenvalue weighted by atomic mass is 35.5. The predicted molar refractivity (Wildman–Crippen MR) is 100 cm³/mol. The van der Waals surface area contributed by atoms with Gasteiger partial charge in [-0.2, -0.15) is 0 Å². The van der Waals surface area contributed by atoms with Crippen molar-refractivity contribution >= 4 is 24.3 Å². The molecular weight excluding hydrogens is 358 g/mol. The zero-order valence-electron chi connectivity index (χ0n) is 14.8. The number of halogens is 1. The van der Waals surface area contributed by atoms with Gasteiger partial charge in [0, 0.05) is 37.2 Å². The van der Waals surface area contributed by atoms with E-state index >= 15 is 0 Å². The van der Waals surface area contributed by atoms with E-state index in [1.807, 2.05) is 4.90 Å². The second kappa shape index (κ2) is 7.54. The van der Waals surface area contributed by atoms with Crippen molar-refractivity contribution in [1.29, 1.82) is 0 Å². The third kappa shape index (κ3) is 3.21. The maximum absolute atomic E-state index is 12.6. The normalized spacial score (nSPS) is 25.1. The van der Waals surface area contributed by atoms with E-state index in [-0.39, 0.29) is 35.8 Å². The number of nitrogens with two attached hydrogens (primary N) is 1. The molecule has 26 heavy (non-hydrogen) atoms. The summed E-state index contributed by atoms with van der Waals surface area (Å²) in [5, 5.41) is 0. The molecule has 0 radical (unpaired) electrons. The largest absolute Gasteiger partial charge is 0.378 e. The lowest BCUT2D eigenvalue weighted by Crippen LogP contribution is -2.50. The van der Waals surface area contributed by atoms with Crippen LogP contribution in [-0.2, 0) is 21.4 Å². The molecule has 3 N–H and O–H groups in total. The fraction of sp³-hybridized carbons (Fsp3) is 0.706. The number of hydrogen-bond acceptors (Lipinski definition) is 6. The number of rotatable bonds is 2. The van der Waals surface area contributed by atoms with Gasteiger partial charge in [-0.05, 0) is 25.7 Å². The number of amides is 1. The molecule has 1 unspecified atom stereocenters. The van der Waals surface area contributed by atoms with E-state index in [1.165, 1.54) is 0 Å². The van der Waals surface area contributed by atoms with Gasteiger partial charge in [-0.25, -0.2) is 4.98 Å². The van der Waals surface area contributed by atoms with Gasteiger partial charge in [-0.3, -0.25) is 14.6 Å². The first-order valence-electron chi connectivity index (χ1n) is 9.07. The number of hydrogen-bond donors (Lipinski definition) is 2. The Morgan fingerprint density at radius 2 is 2.04 bits per heavy atom. The van der Waals surface area contributed by atoms with Gasteiger partial charge in [0.05, 0.1) is 25.5 Å². The number of aromatic nitrogens is 2. The van der Waals surface area contributed by atoms with Crippen LogP contribution in [0.15, 0.2) is 4.79 Å². The van der Waals surface area contributed by atoms with Crippen molar-refractivity contribution in [2.24, 2.45) is 5.73 Å². The second-order valence-electron chi connectivity index (χ2n) is 7.22. The fourth-order valence-corrected chi connectivity index (χ4v) is 4.44. The summed E-state index contributed by atoms with van der Waals surface area (Å²) in [6.45, 7) is 4.14. The molecule has 1 aromatic rings. The maximum atomic E-state index is 12.6. The molecule has 9 heteroatoms. The number of anilines is 1. The smallest absolute Gasteiger partial charge is 0.255 e. The van der Waals surface area contributed by atoms with E-state index < -0.39 is 0 Å². The molecule has 2 fully saturated rings. The average Bonchev–Trinajstić information content (AvgIpc) is 3.00. The Labute approximate surface area is 158 Å².